The highest BCUT2D eigenvalue weighted by Gasteiger charge is 2.51. The van der Waals surface area contributed by atoms with E-state index in [0.29, 0.717) is 23.7 Å². The maximum absolute atomic E-state index is 13.3. The summed E-state index contributed by atoms with van der Waals surface area (Å²) in [4.78, 5) is 20.7. The largest absolute Gasteiger partial charge is 0.421 e. The number of fused-ring (bicyclic) bond motifs is 1. The van der Waals surface area contributed by atoms with Gasteiger partial charge in [-0.15, -0.1) is 0 Å². The zero-order chi connectivity index (χ0) is 24.1. The number of nitrogen functional groups attached to an aromatic ring is 1. The highest BCUT2D eigenvalue weighted by Crippen LogP contribution is 2.40. The molecule has 2 aromatic heterocycles. The molecule has 0 aliphatic rings. The zero-order valence-electron chi connectivity index (χ0n) is 17.9. The number of aryl methyl sites for hydroxylation is 1. The summed E-state index contributed by atoms with van der Waals surface area (Å²) < 4.78 is 41.5. The van der Waals surface area contributed by atoms with E-state index in [1.165, 1.54) is 48.8 Å². The number of benzene rings is 1. The number of imidazole rings is 1. The van der Waals surface area contributed by atoms with Crippen LogP contribution in [0.3, 0.4) is 0 Å². The number of nitrogens with two attached hydrogens (primary N) is 1. The van der Waals surface area contributed by atoms with Crippen LogP contribution in [-0.2, 0) is 5.60 Å². The van der Waals surface area contributed by atoms with Crippen molar-refractivity contribution >= 4 is 17.4 Å². The molecule has 0 fully saturated rings. The second-order valence-electron chi connectivity index (χ2n) is 8.44. The van der Waals surface area contributed by atoms with Gasteiger partial charge in [0.25, 0.3) is 5.91 Å². The summed E-state index contributed by atoms with van der Waals surface area (Å²) >= 11 is 0. The van der Waals surface area contributed by atoms with Gasteiger partial charge in [0.05, 0.1) is 17.5 Å². The molecule has 32 heavy (non-hydrogen) atoms. The van der Waals surface area contributed by atoms with E-state index in [0.717, 1.165) is 0 Å². The first-order valence-electron chi connectivity index (χ1n) is 9.66. The normalized spacial score (nSPS) is 14.4. The first kappa shape index (κ1) is 23.5. The van der Waals surface area contributed by atoms with E-state index in [9.17, 15) is 28.2 Å². The van der Waals surface area contributed by atoms with Gasteiger partial charge in [0.2, 0.25) is 0 Å². The lowest BCUT2D eigenvalue weighted by Gasteiger charge is -2.27. The molecule has 0 radical (unpaired) electrons. The van der Waals surface area contributed by atoms with Crippen LogP contribution in [0.25, 0.3) is 16.9 Å². The molecule has 2 heterocycles. The van der Waals surface area contributed by atoms with E-state index < -0.39 is 23.3 Å². The highest BCUT2D eigenvalue weighted by molar-refractivity contribution is 5.93. The minimum absolute atomic E-state index is 0.0318. The number of nitrogens with one attached hydrogen (secondary N) is 1. The number of aromatic nitrogens is 3. The Balaban J connectivity index is 2.12. The van der Waals surface area contributed by atoms with Gasteiger partial charge in [-0.2, -0.15) is 13.2 Å². The lowest BCUT2D eigenvalue weighted by Crippen LogP contribution is -2.39. The quantitative estimate of drug-likeness (QED) is 0.472. The molecular formula is C21H24F3N5O3. The number of halogens is 3. The molecule has 1 aromatic carbocycles. The Kier molecular flexibility index (Phi) is 5.69. The molecule has 3 rings (SSSR count). The van der Waals surface area contributed by atoms with Crippen LogP contribution in [0.2, 0.25) is 0 Å². The number of alkyl halides is 3. The van der Waals surface area contributed by atoms with Crippen molar-refractivity contribution in [1.82, 2.24) is 19.7 Å². The van der Waals surface area contributed by atoms with Gasteiger partial charge in [-0.05, 0) is 44.9 Å². The van der Waals surface area contributed by atoms with Crippen LogP contribution in [0.5, 0.6) is 0 Å². The Morgan fingerprint density at radius 1 is 1.22 bits per heavy atom. The number of anilines is 1. The average Bonchev–Trinajstić information content (AvgIpc) is 3.09. The van der Waals surface area contributed by atoms with E-state index in [4.69, 9.17) is 5.73 Å². The summed E-state index contributed by atoms with van der Waals surface area (Å²) in [6.45, 7) is 5.40. The van der Waals surface area contributed by atoms with E-state index in [1.807, 2.05) is 0 Å². The van der Waals surface area contributed by atoms with E-state index in [2.05, 4.69) is 15.3 Å². The maximum Gasteiger partial charge on any atom is 0.421 e. The van der Waals surface area contributed by atoms with E-state index in [-0.39, 0.29) is 29.3 Å². The SMILES string of the molecule is Cc1ccc(C(C)(O)C(F)(F)F)cc1-c1cnc2c(N)nc(C(=O)NCC(C)(C)O)cn12. The third-order valence-corrected chi connectivity index (χ3v) is 5.06. The average molecular weight is 451 g/mol. The lowest BCUT2D eigenvalue weighted by molar-refractivity contribution is -0.258. The molecule has 3 aromatic rings. The fraction of sp³-hybridized carbons (Fsp3) is 0.381. The van der Waals surface area contributed by atoms with Gasteiger partial charge in [0.15, 0.2) is 17.1 Å². The Morgan fingerprint density at radius 3 is 2.47 bits per heavy atom. The van der Waals surface area contributed by atoms with Crippen LogP contribution < -0.4 is 11.1 Å². The van der Waals surface area contributed by atoms with Gasteiger partial charge in [0, 0.05) is 18.3 Å². The fourth-order valence-corrected chi connectivity index (χ4v) is 3.07. The molecule has 1 unspecified atom stereocenters. The van der Waals surface area contributed by atoms with Crippen molar-refractivity contribution in [2.75, 3.05) is 12.3 Å². The van der Waals surface area contributed by atoms with Crippen molar-refractivity contribution in [1.29, 1.82) is 0 Å². The molecule has 11 heteroatoms. The monoisotopic (exact) mass is 451 g/mol. The molecule has 0 aliphatic heterocycles. The minimum atomic E-state index is -4.88. The van der Waals surface area contributed by atoms with E-state index in [1.54, 1.807) is 6.92 Å². The predicted molar refractivity (Wildman–Crippen MR) is 112 cm³/mol. The van der Waals surface area contributed by atoms with Crippen molar-refractivity contribution in [2.45, 2.75) is 45.1 Å². The summed E-state index contributed by atoms with van der Waals surface area (Å²) in [6.07, 6.45) is -2.11. The van der Waals surface area contributed by atoms with Crippen molar-refractivity contribution in [2.24, 2.45) is 0 Å². The van der Waals surface area contributed by atoms with Gasteiger partial charge in [-0.25, -0.2) is 9.97 Å². The fourth-order valence-electron chi connectivity index (χ4n) is 3.07. The van der Waals surface area contributed by atoms with Crippen LogP contribution in [0.15, 0.2) is 30.6 Å². The summed E-state index contributed by atoms with van der Waals surface area (Å²) in [5, 5.41) is 22.4. The van der Waals surface area contributed by atoms with Crippen molar-refractivity contribution in [3.8, 4) is 11.3 Å². The Hall–Kier alpha value is -3.18. The van der Waals surface area contributed by atoms with Crippen molar-refractivity contribution in [3.63, 3.8) is 0 Å². The summed E-state index contributed by atoms with van der Waals surface area (Å²) in [7, 11) is 0. The second kappa shape index (κ2) is 7.75. The third kappa shape index (κ3) is 4.39. The van der Waals surface area contributed by atoms with Gasteiger partial charge >= 0.3 is 6.18 Å². The van der Waals surface area contributed by atoms with Crippen LogP contribution >= 0.6 is 0 Å². The van der Waals surface area contributed by atoms with Gasteiger partial charge in [-0.3, -0.25) is 9.20 Å². The molecule has 0 saturated carbocycles. The number of carbonyl (C=O) groups is 1. The number of hydrogen-bond acceptors (Lipinski definition) is 6. The van der Waals surface area contributed by atoms with Gasteiger partial charge < -0.3 is 21.3 Å². The lowest BCUT2D eigenvalue weighted by atomic mass is 9.91. The van der Waals surface area contributed by atoms with Gasteiger partial charge in [0.1, 0.15) is 5.69 Å². The zero-order valence-corrected chi connectivity index (χ0v) is 17.9. The molecule has 1 atom stereocenters. The molecule has 5 N–H and O–H groups in total. The highest BCUT2D eigenvalue weighted by atomic mass is 19.4. The van der Waals surface area contributed by atoms with Crippen LogP contribution in [0.4, 0.5) is 19.0 Å². The molecule has 0 spiro atoms. The molecule has 1 amide bonds. The topological polar surface area (TPSA) is 126 Å². The smallest absolute Gasteiger partial charge is 0.389 e. The van der Waals surface area contributed by atoms with Crippen LogP contribution in [0, 0.1) is 6.92 Å². The molecule has 0 saturated heterocycles. The minimum Gasteiger partial charge on any atom is -0.389 e. The van der Waals surface area contributed by atoms with Gasteiger partial charge in [-0.1, -0.05) is 12.1 Å². The summed E-state index contributed by atoms with van der Waals surface area (Å²) in [5.74, 6) is -0.644. The molecule has 0 aliphatic carbocycles. The maximum atomic E-state index is 13.3. The first-order valence-corrected chi connectivity index (χ1v) is 9.66. The summed E-state index contributed by atoms with van der Waals surface area (Å²) in [5.41, 5.74) is 2.92. The van der Waals surface area contributed by atoms with Crippen molar-refractivity contribution in [3.05, 3.63) is 47.4 Å². The summed E-state index contributed by atoms with van der Waals surface area (Å²) in [6, 6.07) is 3.91. The van der Waals surface area contributed by atoms with Crippen LogP contribution in [-0.4, -0.2) is 48.8 Å². The standard InChI is InChI=1S/C21H24F3N5O3/c1-11-5-6-12(20(4,32)21(22,23)24)7-13(11)15-8-26-17-16(25)28-14(9-29(15)17)18(30)27-10-19(2,3)31/h5-9,31-32H,10H2,1-4H3,(H2,25,28)(H,27,30). The number of amides is 1. The second-order valence-corrected chi connectivity index (χ2v) is 8.44. The predicted octanol–water partition coefficient (Wildman–Crippen LogP) is 2.56. The Labute approximate surface area is 181 Å². The molecule has 8 nitrogen and oxygen atoms in total. The molecular weight excluding hydrogens is 427 g/mol. The molecule has 172 valence electrons. The van der Waals surface area contributed by atoms with Crippen LogP contribution in [0.1, 0.15) is 42.4 Å². The molecule has 0 bridgehead atoms. The first-order chi connectivity index (χ1) is 14.6. The third-order valence-electron chi connectivity index (χ3n) is 5.06. The van der Waals surface area contributed by atoms with E-state index >= 15 is 0 Å². The Morgan fingerprint density at radius 2 is 1.88 bits per heavy atom. The van der Waals surface area contributed by atoms with Crippen molar-refractivity contribution < 1.29 is 28.2 Å². The number of carbonyl (C=O) groups excluding carboxylic acids is 1. The Bertz CT molecular complexity index is 1180. The number of rotatable bonds is 5. The number of nitrogens with zero attached hydrogens (tertiary/aromatic N) is 3. The number of hydrogen-bond donors (Lipinski definition) is 4. The number of aliphatic hydroxyl groups is 2.